The molecule has 0 radical (unpaired) electrons. The average molecular weight is 441 g/mol. The maximum Gasteiger partial charge on any atom is 0.218 e. The van der Waals surface area contributed by atoms with Gasteiger partial charge < -0.3 is 14.6 Å². The third-order valence-corrected chi connectivity index (χ3v) is 5.35. The largest absolute Gasteiger partial charge is 0.477 e. The summed E-state index contributed by atoms with van der Waals surface area (Å²) >= 11 is 0. The minimum atomic E-state index is -1.41. The van der Waals surface area contributed by atoms with Gasteiger partial charge in [-0.15, -0.1) is 0 Å². The maximum absolute atomic E-state index is 12.7. The number of allylic oxidation sites excluding steroid dienone is 1. The van der Waals surface area contributed by atoms with Crippen LogP contribution in [0.5, 0.6) is 0 Å². The Balaban J connectivity index is 2.31. The van der Waals surface area contributed by atoms with Crippen molar-refractivity contribution >= 4 is 28.5 Å². The third kappa shape index (κ3) is 8.52. The molecule has 2 rings (SSSR count). The summed E-state index contributed by atoms with van der Waals surface area (Å²) in [5.74, 6) is 0.512. The monoisotopic (exact) mass is 440 g/mol. The molecule has 0 aromatic heterocycles. The highest BCUT2D eigenvalue weighted by Gasteiger charge is 2.16. The van der Waals surface area contributed by atoms with E-state index in [1.54, 1.807) is 5.41 Å². The molecule has 0 bridgehead atoms. The predicted octanol–water partition coefficient (Wildman–Crippen LogP) is 4.86. The fraction of sp³-hybridized carbons (Fsp3) is 0.320. The van der Waals surface area contributed by atoms with Crippen LogP contribution in [0.1, 0.15) is 43.4 Å². The van der Waals surface area contributed by atoms with Crippen LogP contribution in [0.15, 0.2) is 70.7 Å². The van der Waals surface area contributed by atoms with Crippen LogP contribution in [-0.2, 0) is 15.7 Å². The van der Waals surface area contributed by atoms with Crippen molar-refractivity contribution in [3.63, 3.8) is 0 Å². The van der Waals surface area contributed by atoms with Crippen LogP contribution in [-0.4, -0.2) is 35.0 Å². The fourth-order valence-electron chi connectivity index (χ4n) is 2.88. The molecule has 0 aliphatic heterocycles. The smallest absolute Gasteiger partial charge is 0.218 e. The van der Waals surface area contributed by atoms with Crippen LogP contribution < -0.4 is 4.72 Å². The van der Waals surface area contributed by atoms with Gasteiger partial charge in [-0.25, -0.2) is 4.21 Å². The quantitative estimate of drug-likeness (QED) is 0.298. The number of benzene rings is 2. The van der Waals surface area contributed by atoms with Crippen LogP contribution in [0, 0.1) is 6.92 Å². The number of hydrogen-bond acceptors (Lipinski definition) is 4. The highest BCUT2D eigenvalue weighted by Crippen LogP contribution is 2.22. The summed E-state index contributed by atoms with van der Waals surface area (Å²) in [5.41, 5.74) is 4.58. The molecule has 0 aliphatic rings. The van der Waals surface area contributed by atoms with E-state index in [4.69, 9.17) is 9.84 Å². The number of rotatable bonds is 11. The Kier molecular flexibility index (Phi) is 10.8. The van der Waals surface area contributed by atoms with Gasteiger partial charge in [0, 0.05) is 24.3 Å². The zero-order chi connectivity index (χ0) is 22.5. The molecule has 0 saturated carbocycles. The molecule has 0 amide bonds. The van der Waals surface area contributed by atoms with Gasteiger partial charge >= 0.3 is 0 Å². The van der Waals surface area contributed by atoms with Crippen LogP contribution in [0.4, 0.5) is 0 Å². The Morgan fingerprint density at radius 2 is 1.84 bits per heavy atom. The summed E-state index contributed by atoms with van der Waals surface area (Å²) in [6.07, 6.45) is 3.24. The lowest BCUT2D eigenvalue weighted by Crippen LogP contribution is -2.19. The number of nitrogens with zero attached hydrogens (tertiary/aromatic N) is 1. The lowest BCUT2D eigenvalue weighted by molar-refractivity contribution is 0.249. The lowest BCUT2D eigenvalue weighted by Gasteiger charge is -2.17. The number of nitrogens with one attached hydrogen (secondary N) is 1. The Hall–Kier alpha value is -2.70. The van der Waals surface area contributed by atoms with Crippen molar-refractivity contribution in [1.82, 2.24) is 4.72 Å². The van der Waals surface area contributed by atoms with E-state index in [1.165, 1.54) is 0 Å². The number of hydrogen-bond donors (Lipinski definition) is 2. The van der Waals surface area contributed by atoms with Gasteiger partial charge in [-0.3, -0.25) is 4.99 Å². The Morgan fingerprint density at radius 3 is 2.48 bits per heavy atom. The van der Waals surface area contributed by atoms with Crippen LogP contribution in [0.2, 0.25) is 0 Å². The second-order valence-electron chi connectivity index (χ2n) is 7.04. The number of aryl methyl sites for hydroxylation is 1. The zero-order valence-electron chi connectivity index (χ0n) is 18.5. The number of aliphatic hydroxyl groups is 1. The first-order valence-corrected chi connectivity index (χ1v) is 11.7. The molecule has 166 valence electrons. The average Bonchev–Trinajstić information content (AvgIpc) is 2.77. The van der Waals surface area contributed by atoms with E-state index in [9.17, 15) is 4.21 Å². The first-order valence-electron chi connectivity index (χ1n) is 10.5. The van der Waals surface area contributed by atoms with Crippen molar-refractivity contribution < 1.29 is 14.1 Å². The van der Waals surface area contributed by atoms with Crippen LogP contribution in [0.25, 0.3) is 11.6 Å². The molecule has 5 nitrogen and oxygen atoms in total. The highest BCUT2D eigenvalue weighted by molar-refractivity contribution is 7.86. The Bertz CT molecular complexity index is 920. The van der Waals surface area contributed by atoms with E-state index in [0.717, 1.165) is 28.7 Å². The fourth-order valence-corrected chi connectivity index (χ4v) is 3.64. The van der Waals surface area contributed by atoms with Gasteiger partial charge in [0.1, 0.15) is 11.0 Å². The van der Waals surface area contributed by atoms with E-state index >= 15 is 0 Å². The van der Waals surface area contributed by atoms with Crippen LogP contribution >= 0.6 is 0 Å². The zero-order valence-corrected chi connectivity index (χ0v) is 19.3. The number of unbranched alkanes of at least 4 members (excludes halogenated alkanes) is 1. The SMILES string of the molecule is CCN=C(OCCCCO)/C(=C(\C)NS(=O)/C=C/c1ccccc1)c1ccc(C)cc1. The predicted molar refractivity (Wildman–Crippen MR) is 131 cm³/mol. The van der Waals surface area contributed by atoms with Crippen molar-refractivity contribution in [2.24, 2.45) is 4.99 Å². The van der Waals surface area contributed by atoms with E-state index in [-0.39, 0.29) is 6.61 Å². The molecule has 6 heteroatoms. The molecule has 0 spiro atoms. The second kappa shape index (κ2) is 13.6. The first-order chi connectivity index (χ1) is 15.0. The lowest BCUT2D eigenvalue weighted by atomic mass is 10.0. The summed E-state index contributed by atoms with van der Waals surface area (Å²) in [5, 5.41) is 10.7. The molecule has 0 aliphatic carbocycles. The molecule has 0 fully saturated rings. The molecule has 31 heavy (non-hydrogen) atoms. The molecule has 2 N–H and O–H groups in total. The summed E-state index contributed by atoms with van der Waals surface area (Å²) in [7, 11) is -1.41. The normalized spacial score (nSPS) is 13.7. The van der Waals surface area contributed by atoms with Gasteiger partial charge in [-0.1, -0.05) is 60.2 Å². The summed E-state index contributed by atoms with van der Waals surface area (Å²) in [6, 6.07) is 17.8. The van der Waals surface area contributed by atoms with Crippen LogP contribution in [0.3, 0.4) is 0 Å². The van der Waals surface area contributed by atoms with Crippen molar-refractivity contribution in [1.29, 1.82) is 0 Å². The molecule has 0 heterocycles. The molecular weight excluding hydrogens is 408 g/mol. The molecule has 1 atom stereocenters. The van der Waals surface area contributed by atoms with Crippen molar-refractivity contribution in [2.75, 3.05) is 19.8 Å². The highest BCUT2D eigenvalue weighted by atomic mass is 32.2. The van der Waals surface area contributed by atoms with Gasteiger partial charge in [0.15, 0.2) is 0 Å². The minimum Gasteiger partial charge on any atom is -0.477 e. The van der Waals surface area contributed by atoms with Gasteiger partial charge in [-0.05, 0) is 50.8 Å². The Labute approximate surface area is 188 Å². The van der Waals surface area contributed by atoms with E-state index < -0.39 is 11.0 Å². The summed E-state index contributed by atoms with van der Waals surface area (Å²) < 4.78 is 21.7. The van der Waals surface area contributed by atoms with Crippen molar-refractivity contribution in [3.05, 3.63) is 82.4 Å². The molecule has 1 unspecified atom stereocenters. The minimum absolute atomic E-state index is 0.136. The second-order valence-corrected chi connectivity index (χ2v) is 8.11. The van der Waals surface area contributed by atoms with E-state index in [1.807, 2.05) is 81.4 Å². The van der Waals surface area contributed by atoms with Crippen molar-refractivity contribution in [3.8, 4) is 0 Å². The number of aliphatic hydroxyl groups excluding tert-OH is 1. The first kappa shape index (κ1) is 24.6. The van der Waals surface area contributed by atoms with E-state index in [2.05, 4.69) is 9.71 Å². The molecule has 2 aromatic rings. The summed E-state index contributed by atoms with van der Waals surface area (Å²) in [6.45, 7) is 7.03. The molecule has 0 saturated heterocycles. The maximum atomic E-state index is 12.7. The topological polar surface area (TPSA) is 70.9 Å². The van der Waals surface area contributed by atoms with Crippen molar-refractivity contribution in [2.45, 2.75) is 33.6 Å². The van der Waals surface area contributed by atoms with Gasteiger partial charge in [-0.2, -0.15) is 0 Å². The van der Waals surface area contributed by atoms with Gasteiger partial charge in [0.2, 0.25) is 5.90 Å². The van der Waals surface area contributed by atoms with Gasteiger partial charge in [0.25, 0.3) is 0 Å². The molecular formula is C25H32N2O3S. The Morgan fingerprint density at radius 1 is 1.13 bits per heavy atom. The van der Waals surface area contributed by atoms with Gasteiger partial charge in [0.05, 0.1) is 12.2 Å². The standard InChI is InChI=1S/C25H32N2O3S/c1-4-26-25(30-18-9-8-17-28)24(23-14-12-20(2)13-15-23)21(3)27-31(29)19-16-22-10-6-5-7-11-22/h5-7,10-16,19,27-28H,4,8-9,17-18H2,1-3H3/b19-16+,24-21+,26-25?. The summed E-state index contributed by atoms with van der Waals surface area (Å²) in [4.78, 5) is 4.56. The third-order valence-electron chi connectivity index (χ3n) is 4.46. The molecule has 2 aromatic carbocycles. The van der Waals surface area contributed by atoms with E-state index in [0.29, 0.717) is 31.2 Å². The number of ether oxygens (including phenoxy) is 1. The number of aliphatic imine (C=N–C) groups is 1.